The lowest BCUT2D eigenvalue weighted by Gasteiger charge is -2.16. The zero-order valence-electron chi connectivity index (χ0n) is 11.8. The molecule has 0 bridgehead atoms. The number of carbonyl (C=O) groups excluding carboxylic acids is 1. The summed E-state index contributed by atoms with van der Waals surface area (Å²) in [6.45, 7) is 1.02. The Bertz CT molecular complexity index is 448. The molecular formula is C14H19F2NO3. The van der Waals surface area contributed by atoms with E-state index >= 15 is 0 Å². The van der Waals surface area contributed by atoms with Gasteiger partial charge in [-0.2, -0.15) is 8.78 Å². The van der Waals surface area contributed by atoms with Crippen LogP contribution in [-0.4, -0.2) is 25.7 Å². The van der Waals surface area contributed by atoms with Gasteiger partial charge in [0.2, 0.25) is 0 Å². The van der Waals surface area contributed by atoms with E-state index in [-0.39, 0.29) is 23.4 Å². The molecule has 1 aromatic carbocycles. The molecule has 0 aromatic heterocycles. The number of ether oxygens (including phenoxy) is 2. The van der Waals surface area contributed by atoms with Crippen LogP contribution in [0.3, 0.4) is 0 Å². The first-order chi connectivity index (χ1) is 9.51. The number of nitrogens with one attached hydrogen (secondary N) is 1. The molecule has 112 valence electrons. The van der Waals surface area contributed by atoms with Gasteiger partial charge in [-0.3, -0.25) is 4.79 Å². The van der Waals surface area contributed by atoms with Gasteiger partial charge in [-0.1, -0.05) is 13.8 Å². The Hall–Kier alpha value is -1.85. The summed E-state index contributed by atoms with van der Waals surface area (Å²) in [6, 6.07) is 4.20. The van der Waals surface area contributed by atoms with Crippen molar-refractivity contribution in [1.82, 2.24) is 5.32 Å². The van der Waals surface area contributed by atoms with E-state index in [0.29, 0.717) is 5.56 Å². The van der Waals surface area contributed by atoms with Gasteiger partial charge in [0, 0.05) is 11.6 Å². The molecule has 0 atom stereocenters. The second-order valence-corrected chi connectivity index (χ2v) is 4.23. The summed E-state index contributed by atoms with van der Waals surface area (Å²) < 4.78 is 33.7. The molecule has 1 amide bonds. The summed E-state index contributed by atoms with van der Waals surface area (Å²) in [7, 11) is 1.33. The van der Waals surface area contributed by atoms with Crippen molar-refractivity contribution >= 4 is 5.91 Å². The average molecular weight is 287 g/mol. The molecule has 0 saturated carbocycles. The second kappa shape index (κ2) is 7.67. The van der Waals surface area contributed by atoms with E-state index in [9.17, 15) is 13.6 Å². The largest absolute Gasteiger partial charge is 0.493 e. The van der Waals surface area contributed by atoms with Gasteiger partial charge < -0.3 is 14.8 Å². The summed E-state index contributed by atoms with van der Waals surface area (Å²) in [6.07, 6.45) is 1.65. The number of halogens is 2. The predicted molar refractivity (Wildman–Crippen MR) is 71.5 cm³/mol. The van der Waals surface area contributed by atoms with Crippen molar-refractivity contribution in [2.24, 2.45) is 0 Å². The maximum atomic E-state index is 12.2. The molecule has 1 N–H and O–H groups in total. The SMILES string of the molecule is CCC(CC)NC(=O)c1ccc(OC(F)F)c(OC)c1. The van der Waals surface area contributed by atoms with Gasteiger partial charge in [-0.15, -0.1) is 0 Å². The third-order valence-electron chi connectivity index (χ3n) is 2.96. The van der Waals surface area contributed by atoms with E-state index in [0.717, 1.165) is 12.8 Å². The smallest absolute Gasteiger partial charge is 0.387 e. The highest BCUT2D eigenvalue weighted by molar-refractivity contribution is 5.95. The fourth-order valence-corrected chi connectivity index (χ4v) is 1.76. The molecule has 0 unspecified atom stereocenters. The van der Waals surface area contributed by atoms with E-state index in [1.54, 1.807) is 0 Å². The zero-order valence-corrected chi connectivity index (χ0v) is 11.8. The first kappa shape index (κ1) is 16.2. The van der Waals surface area contributed by atoms with E-state index < -0.39 is 6.61 Å². The summed E-state index contributed by atoms with van der Waals surface area (Å²) in [5.41, 5.74) is 0.343. The van der Waals surface area contributed by atoms with Crippen molar-refractivity contribution < 1.29 is 23.0 Å². The molecule has 6 heteroatoms. The summed E-state index contributed by atoms with van der Waals surface area (Å²) in [5.74, 6) is -0.260. The second-order valence-electron chi connectivity index (χ2n) is 4.23. The molecule has 4 nitrogen and oxygen atoms in total. The van der Waals surface area contributed by atoms with Crippen LogP contribution < -0.4 is 14.8 Å². The number of carbonyl (C=O) groups is 1. The van der Waals surface area contributed by atoms with Crippen LogP contribution in [-0.2, 0) is 0 Å². The molecule has 0 aliphatic rings. The summed E-state index contributed by atoms with van der Waals surface area (Å²) in [5, 5.41) is 2.86. The number of hydrogen-bond acceptors (Lipinski definition) is 3. The van der Waals surface area contributed by atoms with Crippen LogP contribution in [0, 0.1) is 0 Å². The highest BCUT2D eigenvalue weighted by atomic mass is 19.3. The lowest BCUT2D eigenvalue weighted by Crippen LogP contribution is -2.33. The Morgan fingerprint density at radius 2 is 1.90 bits per heavy atom. The molecule has 0 heterocycles. The van der Waals surface area contributed by atoms with Gasteiger partial charge in [0.25, 0.3) is 5.91 Å². The molecule has 20 heavy (non-hydrogen) atoms. The van der Waals surface area contributed by atoms with Crippen LogP contribution in [0.15, 0.2) is 18.2 Å². The molecular weight excluding hydrogens is 268 g/mol. The fourth-order valence-electron chi connectivity index (χ4n) is 1.76. The first-order valence-corrected chi connectivity index (χ1v) is 6.45. The van der Waals surface area contributed by atoms with Crippen molar-refractivity contribution in [2.75, 3.05) is 7.11 Å². The molecule has 0 saturated heterocycles. The van der Waals surface area contributed by atoms with E-state index in [4.69, 9.17) is 4.74 Å². The van der Waals surface area contributed by atoms with Crippen LogP contribution in [0.2, 0.25) is 0 Å². The van der Waals surface area contributed by atoms with Gasteiger partial charge in [-0.25, -0.2) is 0 Å². The van der Waals surface area contributed by atoms with Crippen molar-refractivity contribution in [3.8, 4) is 11.5 Å². The Morgan fingerprint density at radius 3 is 2.40 bits per heavy atom. The molecule has 0 aliphatic heterocycles. The van der Waals surface area contributed by atoms with Crippen LogP contribution >= 0.6 is 0 Å². The van der Waals surface area contributed by atoms with Gasteiger partial charge in [0.1, 0.15) is 0 Å². The Balaban J connectivity index is 2.89. The Kier molecular flexibility index (Phi) is 6.21. The van der Waals surface area contributed by atoms with Gasteiger partial charge in [0.05, 0.1) is 7.11 Å². The van der Waals surface area contributed by atoms with E-state index in [1.165, 1.54) is 25.3 Å². The highest BCUT2D eigenvalue weighted by Crippen LogP contribution is 2.29. The van der Waals surface area contributed by atoms with Crippen molar-refractivity contribution in [3.63, 3.8) is 0 Å². The normalized spacial score (nSPS) is 10.8. The number of benzene rings is 1. The van der Waals surface area contributed by atoms with E-state index in [2.05, 4.69) is 10.1 Å². The van der Waals surface area contributed by atoms with Crippen LogP contribution in [0.25, 0.3) is 0 Å². The third kappa shape index (κ3) is 4.36. The van der Waals surface area contributed by atoms with Crippen LogP contribution in [0.4, 0.5) is 8.78 Å². The van der Waals surface area contributed by atoms with Crippen LogP contribution in [0.1, 0.15) is 37.0 Å². The molecule has 0 radical (unpaired) electrons. The standard InChI is InChI=1S/C14H19F2NO3/c1-4-10(5-2)17-13(18)9-6-7-11(20-14(15)16)12(8-9)19-3/h6-8,10,14H,4-5H2,1-3H3,(H,17,18). The monoisotopic (exact) mass is 287 g/mol. The topological polar surface area (TPSA) is 47.6 Å². The predicted octanol–water partition coefficient (Wildman–Crippen LogP) is 3.22. The molecule has 1 rings (SSSR count). The molecule has 0 aliphatic carbocycles. The minimum absolute atomic E-state index is 0.0884. The summed E-state index contributed by atoms with van der Waals surface area (Å²) in [4.78, 5) is 12.0. The third-order valence-corrected chi connectivity index (χ3v) is 2.96. The van der Waals surface area contributed by atoms with Crippen molar-refractivity contribution in [3.05, 3.63) is 23.8 Å². The van der Waals surface area contributed by atoms with Crippen molar-refractivity contribution in [2.45, 2.75) is 39.3 Å². The van der Waals surface area contributed by atoms with Gasteiger partial charge in [-0.05, 0) is 31.0 Å². The molecule has 1 aromatic rings. The molecule has 0 spiro atoms. The minimum Gasteiger partial charge on any atom is -0.493 e. The number of amides is 1. The zero-order chi connectivity index (χ0) is 15.1. The van der Waals surface area contributed by atoms with Gasteiger partial charge in [0.15, 0.2) is 11.5 Å². The number of methoxy groups -OCH3 is 1. The quantitative estimate of drug-likeness (QED) is 0.837. The average Bonchev–Trinajstić information content (AvgIpc) is 2.44. The number of hydrogen-bond donors (Lipinski definition) is 1. The van der Waals surface area contributed by atoms with Crippen molar-refractivity contribution in [1.29, 1.82) is 0 Å². The molecule has 0 fully saturated rings. The minimum atomic E-state index is -2.94. The fraction of sp³-hybridized carbons (Fsp3) is 0.500. The summed E-state index contributed by atoms with van der Waals surface area (Å²) >= 11 is 0. The highest BCUT2D eigenvalue weighted by Gasteiger charge is 2.15. The number of rotatable bonds is 7. The van der Waals surface area contributed by atoms with Crippen LogP contribution in [0.5, 0.6) is 11.5 Å². The number of alkyl halides is 2. The Morgan fingerprint density at radius 1 is 1.25 bits per heavy atom. The van der Waals surface area contributed by atoms with Gasteiger partial charge >= 0.3 is 6.61 Å². The lowest BCUT2D eigenvalue weighted by molar-refractivity contribution is -0.0512. The first-order valence-electron chi connectivity index (χ1n) is 6.45. The maximum absolute atomic E-state index is 12.2. The lowest BCUT2D eigenvalue weighted by atomic mass is 10.1. The maximum Gasteiger partial charge on any atom is 0.387 e. The van der Waals surface area contributed by atoms with E-state index in [1.807, 2.05) is 13.8 Å². The Labute approximate surface area is 117 Å².